The molecule has 2 atom stereocenters. The Hall–Kier alpha value is 0.870. The topological polar surface area (TPSA) is 77.4 Å². The van der Waals surface area contributed by atoms with E-state index < -0.39 is 15.4 Å². The minimum absolute atomic E-state index is 0. The van der Waals surface area contributed by atoms with Gasteiger partial charge >= 0.3 is 29.6 Å². The minimum atomic E-state index is -4.19. The molecule has 1 N–H and O–H groups in total. The summed E-state index contributed by atoms with van der Waals surface area (Å²) in [5.41, 5.74) is 0. The first-order valence-corrected chi connectivity index (χ1v) is 14.0. The average molecular weight is 457 g/mol. The van der Waals surface area contributed by atoms with Crippen LogP contribution in [0.2, 0.25) is 0 Å². The molecule has 0 radical (unpaired) electrons. The molecule has 0 aromatic heterocycles. The van der Waals surface area contributed by atoms with Gasteiger partial charge in [0.25, 0.3) is 0 Å². The van der Waals surface area contributed by atoms with Crippen LogP contribution >= 0.6 is 0 Å². The van der Waals surface area contributed by atoms with E-state index in [1.54, 1.807) is 0 Å². The smallest absolute Gasteiger partial charge is 0.748 e. The molecule has 0 amide bonds. The first-order chi connectivity index (χ1) is 13.9. The Balaban J connectivity index is 0. The summed E-state index contributed by atoms with van der Waals surface area (Å²) in [5, 5.41) is 9.37. The van der Waals surface area contributed by atoms with E-state index in [0.29, 0.717) is 12.8 Å². The molecular weight excluding hydrogens is 407 g/mol. The summed E-state index contributed by atoms with van der Waals surface area (Å²) in [6, 6.07) is 0. The maximum absolute atomic E-state index is 11.5. The van der Waals surface area contributed by atoms with E-state index in [-0.39, 0.29) is 35.7 Å². The Morgan fingerprint density at radius 2 is 0.900 bits per heavy atom. The maximum Gasteiger partial charge on any atom is 1.00 e. The van der Waals surface area contributed by atoms with Gasteiger partial charge in [-0.2, -0.15) is 0 Å². The molecule has 0 spiro atoms. The number of aliphatic hydroxyl groups is 1. The molecule has 0 aliphatic rings. The van der Waals surface area contributed by atoms with Crippen molar-refractivity contribution in [3.8, 4) is 0 Å². The van der Waals surface area contributed by atoms with Gasteiger partial charge in [0.15, 0.2) is 0 Å². The van der Waals surface area contributed by atoms with E-state index >= 15 is 0 Å². The molecule has 0 rings (SSSR count). The van der Waals surface area contributed by atoms with Crippen LogP contribution in [0, 0.1) is 0 Å². The molecule has 0 aliphatic carbocycles. The van der Waals surface area contributed by atoms with Crippen LogP contribution in [0.15, 0.2) is 0 Å². The molecule has 0 aromatic carbocycles. The molecule has 176 valence electrons. The van der Waals surface area contributed by atoms with E-state index in [0.717, 1.165) is 57.8 Å². The van der Waals surface area contributed by atoms with Gasteiger partial charge in [0.05, 0.1) is 16.2 Å². The van der Waals surface area contributed by atoms with Gasteiger partial charge in [-0.15, -0.1) is 0 Å². The summed E-state index contributed by atoms with van der Waals surface area (Å²) in [4.78, 5) is 0. The van der Waals surface area contributed by atoms with Gasteiger partial charge in [-0.05, 0) is 25.7 Å². The Morgan fingerprint density at radius 1 is 0.600 bits per heavy atom. The molecule has 30 heavy (non-hydrogen) atoms. The third-order valence-corrected chi connectivity index (χ3v) is 7.28. The largest absolute Gasteiger partial charge is 1.00 e. The summed E-state index contributed by atoms with van der Waals surface area (Å²) >= 11 is 0. The predicted molar refractivity (Wildman–Crippen MR) is 123 cm³/mol. The van der Waals surface area contributed by atoms with E-state index in [4.69, 9.17) is 0 Å². The molecule has 4 nitrogen and oxygen atoms in total. The normalized spacial score (nSPS) is 13.7. The SMILES string of the molecule is CCCCCCCCCC(O)CCCCCC(CCCCCCCC)S(=O)(=O)[O-].[Na+]. The molecule has 2 unspecified atom stereocenters. The van der Waals surface area contributed by atoms with Gasteiger partial charge < -0.3 is 9.66 Å². The van der Waals surface area contributed by atoms with Crippen molar-refractivity contribution in [3.63, 3.8) is 0 Å². The fraction of sp³-hybridized carbons (Fsp3) is 1.00. The molecule has 0 fully saturated rings. The molecule has 0 saturated carbocycles. The summed E-state index contributed by atoms with van der Waals surface area (Å²) in [6.45, 7) is 4.40. The fourth-order valence-corrected chi connectivity index (χ4v) is 4.91. The van der Waals surface area contributed by atoms with Crippen molar-refractivity contribution in [2.24, 2.45) is 0 Å². The maximum atomic E-state index is 11.5. The predicted octanol–water partition coefficient (Wildman–Crippen LogP) is 4.11. The van der Waals surface area contributed by atoms with Crippen molar-refractivity contribution in [2.75, 3.05) is 0 Å². The number of rotatable bonds is 22. The van der Waals surface area contributed by atoms with E-state index in [9.17, 15) is 18.1 Å². The number of unbranched alkanes of at least 4 members (excludes halogenated alkanes) is 13. The zero-order valence-corrected chi connectivity index (χ0v) is 23.2. The van der Waals surface area contributed by atoms with Crippen molar-refractivity contribution in [3.05, 3.63) is 0 Å². The molecule has 0 aromatic rings. The van der Waals surface area contributed by atoms with Crippen LogP contribution in [-0.4, -0.2) is 29.4 Å². The van der Waals surface area contributed by atoms with E-state index in [2.05, 4.69) is 13.8 Å². The standard InChI is InChI=1S/C24H50O4S.Na/c1-3-5-7-9-11-12-15-19-23(25)20-16-14-18-22-24(29(26,27)28)21-17-13-10-8-6-4-2;/h23-25H,3-22H2,1-2H3,(H,26,27,28);/q;+1/p-1. The Morgan fingerprint density at radius 3 is 1.27 bits per heavy atom. The zero-order valence-electron chi connectivity index (χ0n) is 20.4. The molecule has 0 bridgehead atoms. The minimum Gasteiger partial charge on any atom is -0.748 e. The van der Waals surface area contributed by atoms with Crippen LogP contribution in [0.1, 0.15) is 142 Å². The summed E-state index contributed by atoms with van der Waals surface area (Å²) < 4.78 is 34.5. The fourth-order valence-electron chi connectivity index (χ4n) is 4.00. The summed E-state index contributed by atoms with van der Waals surface area (Å²) in [7, 11) is -4.19. The molecule has 0 aliphatic heterocycles. The van der Waals surface area contributed by atoms with Crippen molar-refractivity contribution in [1.82, 2.24) is 0 Å². The number of aliphatic hydroxyl groups excluding tert-OH is 1. The number of hydrogen-bond acceptors (Lipinski definition) is 4. The summed E-state index contributed by atoms with van der Waals surface area (Å²) in [6.07, 6.45) is 20.5. The monoisotopic (exact) mass is 456 g/mol. The van der Waals surface area contributed by atoms with Crippen LogP contribution < -0.4 is 29.6 Å². The molecule has 0 saturated heterocycles. The Bertz CT molecular complexity index is 442. The first-order valence-electron chi connectivity index (χ1n) is 12.5. The molecule has 6 heteroatoms. The van der Waals surface area contributed by atoms with Gasteiger partial charge in [-0.3, -0.25) is 0 Å². The Labute approximate surface area is 210 Å². The first kappa shape index (κ1) is 33.0. The van der Waals surface area contributed by atoms with Crippen LogP contribution in [0.5, 0.6) is 0 Å². The third kappa shape index (κ3) is 22.1. The van der Waals surface area contributed by atoms with Crippen LogP contribution in [0.3, 0.4) is 0 Å². The zero-order chi connectivity index (χ0) is 21.8. The quantitative estimate of drug-likeness (QED) is 0.151. The van der Waals surface area contributed by atoms with Crippen molar-refractivity contribution < 1.29 is 47.6 Å². The molecular formula is C24H49NaO4S. The number of hydrogen-bond donors (Lipinski definition) is 1. The van der Waals surface area contributed by atoms with Crippen molar-refractivity contribution in [1.29, 1.82) is 0 Å². The summed E-state index contributed by atoms with van der Waals surface area (Å²) in [5.74, 6) is 0. The van der Waals surface area contributed by atoms with Crippen LogP contribution in [0.4, 0.5) is 0 Å². The van der Waals surface area contributed by atoms with Gasteiger partial charge in [0, 0.05) is 5.25 Å². The van der Waals surface area contributed by atoms with Gasteiger partial charge in [0.2, 0.25) is 0 Å². The second kappa shape index (κ2) is 23.0. The van der Waals surface area contributed by atoms with Crippen molar-refractivity contribution in [2.45, 2.75) is 154 Å². The Kier molecular flexibility index (Phi) is 25.4. The third-order valence-electron chi connectivity index (χ3n) is 5.99. The average Bonchev–Trinajstić information content (AvgIpc) is 2.67. The van der Waals surface area contributed by atoms with Gasteiger partial charge in [-0.25, -0.2) is 8.42 Å². The van der Waals surface area contributed by atoms with Crippen molar-refractivity contribution >= 4 is 10.1 Å². The van der Waals surface area contributed by atoms with E-state index in [1.165, 1.54) is 57.8 Å². The second-order valence-corrected chi connectivity index (χ2v) is 10.5. The van der Waals surface area contributed by atoms with Crippen LogP contribution in [-0.2, 0) is 10.1 Å². The second-order valence-electron chi connectivity index (χ2n) is 8.87. The van der Waals surface area contributed by atoms with Gasteiger partial charge in [-0.1, -0.05) is 117 Å². The van der Waals surface area contributed by atoms with Crippen LogP contribution in [0.25, 0.3) is 0 Å². The van der Waals surface area contributed by atoms with E-state index in [1.807, 2.05) is 0 Å². The molecule has 0 heterocycles. The van der Waals surface area contributed by atoms with Gasteiger partial charge in [0.1, 0.15) is 0 Å².